The fourth-order valence-electron chi connectivity index (χ4n) is 1.17. The van der Waals surface area contributed by atoms with E-state index in [0.717, 1.165) is 17.8 Å². The first-order valence-corrected chi connectivity index (χ1v) is 6.34. The van der Waals surface area contributed by atoms with Crippen LogP contribution >= 0.6 is 23.4 Å². The van der Waals surface area contributed by atoms with Crippen LogP contribution in [0.2, 0.25) is 0 Å². The Labute approximate surface area is 118 Å². The Balaban J connectivity index is 3.14. The summed E-state index contributed by atoms with van der Waals surface area (Å²) in [5, 5.41) is 21.5. The molecule has 1 aromatic rings. The van der Waals surface area contributed by atoms with Crippen molar-refractivity contribution >= 4 is 39.2 Å². The second-order valence-corrected chi connectivity index (χ2v) is 5.36. The number of nitro benzene ring substituents is 2. The molecule has 0 aliphatic carbocycles. The lowest BCUT2D eigenvalue weighted by Crippen LogP contribution is -1.96. The molecule has 0 atom stereocenters. The Bertz CT molecular complexity index is 548. The fourth-order valence-corrected chi connectivity index (χ4v) is 2.43. The summed E-state index contributed by atoms with van der Waals surface area (Å²) in [6.07, 6.45) is 0. The summed E-state index contributed by atoms with van der Waals surface area (Å²) < 4.78 is 0.145. The Morgan fingerprint density at radius 1 is 1.32 bits per heavy atom. The molecule has 0 heterocycles. The highest BCUT2D eigenvalue weighted by molar-refractivity contribution is 8.16. The van der Waals surface area contributed by atoms with Crippen molar-refractivity contribution < 1.29 is 9.85 Å². The first-order valence-electron chi connectivity index (χ1n) is 5.15. The summed E-state index contributed by atoms with van der Waals surface area (Å²) in [6.45, 7) is 3.63. The van der Waals surface area contributed by atoms with Gasteiger partial charge in [-0.1, -0.05) is 23.4 Å². The lowest BCUT2D eigenvalue weighted by atomic mass is 10.3. The van der Waals surface area contributed by atoms with Gasteiger partial charge >= 0.3 is 0 Å². The van der Waals surface area contributed by atoms with Crippen molar-refractivity contribution in [1.29, 1.82) is 0 Å². The molecular weight excluding hydrogens is 294 g/mol. The molecule has 7 nitrogen and oxygen atoms in total. The molecule has 0 radical (unpaired) electrons. The van der Waals surface area contributed by atoms with Gasteiger partial charge in [-0.2, -0.15) is 0 Å². The summed E-state index contributed by atoms with van der Waals surface area (Å²) in [7, 11) is 0. The summed E-state index contributed by atoms with van der Waals surface area (Å²) in [4.78, 5) is 24.3. The molecule has 1 rings (SSSR count). The molecule has 0 N–H and O–H groups in total. The molecule has 1 aromatic carbocycles. The minimum Gasteiger partial charge on any atom is -0.264 e. The number of nitrogens with zero attached hydrogens (tertiary/aromatic N) is 3. The van der Waals surface area contributed by atoms with E-state index in [1.165, 1.54) is 12.1 Å². The third kappa shape index (κ3) is 4.49. The highest BCUT2D eigenvalue weighted by Gasteiger charge is 2.20. The van der Waals surface area contributed by atoms with Crippen LogP contribution < -0.4 is 0 Å². The number of hydrogen-bond acceptors (Lipinski definition) is 6. The van der Waals surface area contributed by atoms with E-state index in [-0.39, 0.29) is 26.8 Å². The van der Waals surface area contributed by atoms with Crippen LogP contribution in [-0.4, -0.2) is 20.4 Å². The van der Waals surface area contributed by atoms with Crippen LogP contribution in [0.5, 0.6) is 0 Å². The van der Waals surface area contributed by atoms with Gasteiger partial charge in [-0.3, -0.25) is 25.2 Å². The van der Waals surface area contributed by atoms with Crippen molar-refractivity contribution in [1.82, 2.24) is 0 Å². The summed E-state index contributed by atoms with van der Waals surface area (Å²) >= 11 is 6.74. The molecule has 0 unspecified atom stereocenters. The van der Waals surface area contributed by atoms with Crippen LogP contribution in [0, 0.1) is 20.2 Å². The molecule has 0 saturated heterocycles. The number of nitro groups is 2. The molecule has 0 aromatic heterocycles. The van der Waals surface area contributed by atoms with Gasteiger partial charge in [0.05, 0.1) is 20.8 Å². The lowest BCUT2D eigenvalue weighted by molar-refractivity contribution is -0.396. The molecule has 0 saturated carbocycles. The summed E-state index contributed by atoms with van der Waals surface area (Å²) in [5.41, 5.74) is -0.704. The number of aliphatic imine (C=N–C) groups is 1. The van der Waals surface area contributed by atoms with Crippen molar-refractivity contribution in [2.75, 3.05) is 0 Å². The monoisotopic (exact) mass is 303 g/mol. The first kappa shape index (κ1) is 15.4. The third-order valence-corrected chi connectivity index (χ3v) is 3.07. The van der Waals surface area contributed by atoms with E-state index in [4.69, 9.17) is 11.6 Å². The van der Waals surface area contributed by atoms with Gasteiger partial charge in [0, 0.05) is 12.1 Å². The van der Waals surface area contributed by atoms with Gasteiger partial charge in [0.2, 0.25) is 0 Å². The van der Waals surface area contributed by atoms with Crippen LogP contribution in [0.1, 0.15) is 13.8 Å². The van der Waals surface area contributed by atoms with E-state index in [2.05, 4.69) is 4.99 Å². The molecule has 19 heavy (non-hydrogen) atoms. The zero-order valence-corrected chi connectivity index (χ0v) is 11.6. The highest BCUT2D eigenvalue weighted by atomic mass is 35.5. The van der Waals surface area contributed by atoms with Crippen LogP contribution in [-0.2, 0) is 0 Å². The number of benzene rings is 1. The number of halogens is 1. The molecule has 102 valence electrons. The molecule has 0 aliphatic rings. The minimum atomic E-state index is -0.689. The van der Waals surface area contributed by atoms with Gasteiger partial charge in [0.15, 0.2) is 4.50 Å². The van der Waals surface area contributed by atoms with E-state index in [1.54, 1.807) is 0 Å². The number of hydrogen-bond donors (Lipinski definition) is 0. The van der Waals surface area contributed by atoms with Crippen molar-refractivity contribution in [3.05, 3.63) is 38.4 Å². The molecule has 0 aliphatic heterocycles. The molecule has 0 fully saturated rings. The number of thioether (sulfide) groups is 1. The topological polar surface area (TPSA) is 98.6 Å². The zero-order chi connectivity index (χ0) is 14.6. The van der Waals surface area contributed by atoms with E-state index < -0.39 is 9.85 Å². The number of non-ortho nitro benzene ring substituents is 1. The zero-order valence-electron chi connectivity index (χ0n) is 10.1. The van der Waals surface area contributed by atoms with E-state index in [1.807, 2.05) is 13.8 Å². The van der Waals surface area contributed by atoms with Gasteiger partial charge in [-0.25, -0.2) is 0 Å². The standard InChI is InChI=1S/C10H10ClN3O4S/c1-6(2)12-10(11)19-9-4-3-7(13(15)16)5-8(9)14(17)18/h3-6H,1-2H3. The second-order valence-electron chi connectivity index (χ2n) is 3.74. The predicted octanol–water partition coefficient (Wildman–Crippen LogP) is 3.60. The van der Waals surface area contributed by atoms with Crippen molar-refractivity contribution in [2.45, 2.75) is 24.8 Å². The van der Waals surface area contributed by atoms with Gasteiger partial charge in [0.1, 0.15) is 0 Å². The lowest BCUT2D eigenvalue weighted by Gasteiger charge is -2.02. The predicted molar refractivity (Wildman–Crippen MR) is 74.0 cm³/mol. The first-order chi connectivity index (χ1) is 8.81. The molecular formula is C10H10ClN3O4S. The maximum atomic E-state index is 10.9. The van der Waals surface area contributed by atoms with E-state index >= 15 is 0 Å². The third-order valence-electron chi connectivity index (χ3n) is 1.90. The largest absolute Gasteiger partial charge is 0.290 e. The van der Waals surface area contributed by atoms with E-state index in [0.29, 0.717) is 0 Å². The quantitative estimate of drug-likeness (QED) is 0.278. The maximum absolute atomic E-state index is 10.9. The average molecular weight is 304 g/mol. The Morgan fingerprint density at radius 2 is 1.95 bits per heavy atom. The second kappa shape index (κ2) is 6.48. The fraction of sp³-hybridized carbons (Fsp3) is 0.300. The van der Waals surface area contributed by atoms with Crippen molar-refractivity contribution in [3.8, 4) is 0 Å². The average Bonchev–Trinajstić information content (AvgIpc) is 2.27. The summed E-state index contributed by atoms with van der Waals surface area (Å²) in [5.74, 6) is 0. The van der Waals surface area contributed by atoms with Crippen LogP contribution in [0.3, 0.4) is 0 Å². The Morgan fingerprint density at radius 3 is 2.42 bits per heavy atom. The highest BCUT2D eigenvalue weighted by Crippen LogP contribution is 2.34. The Kier molecular flexibility index (Phi) is 5.25. The molecule has 0 bridgehead atoms. The van der Waals surface area contributed by atoms with Crippen LogP contribution in [0.4, 0.5) is 11.4 Å². The normalized spacial score (nSPS) is 11.7. The summed E-state index contributed by atoms with van der Waals surface area (Å²) in [6, 6.07) is 3.34. The number of rotatable bonds is 4. The van der Waals surface area contributed by atoms with Crippen LogP contribution in [0.25, 0.3) is 0 Å². The van der Waals surface area contributed by atoms with Crippen molar-refractivity contribution in [3.63, 3.8) is 0 Å². The maximum Gasteiger partial charge on any atom is 0.290 e. The van der Waals surface area contributed by atoms with E-state index in [9.17, 15) is 20.2 Å². The van der Waals surface area contributed by atoms with Gasteiger partial charge in [-0.15, -0.1) is 0 Å². The SMILES string of the molecule is CC(C)N=C(Cl)Sc1ccc([N+](=O)[O-])cc1[N+](=O)[O-]. The van der Waals surface area contributed by atoms with Gasteiger partial charge in [-0.05, 0) is 19.9 Å². The van der Waals surface area contributed by atoms with Gasteiger partial charge < -0.3 is 0 Å². The van der Waals surface area contributed by atoms with Gasteiger partial charge in [0.25, 0.3) is 11.4 Å². The molecule has 9 heteroatoms. The minimum absolute atomic E-state index is 0.0443. The van der Waals surface area contributed by atoms with Crippen LogP contribution in [0.15, 0.2) is 28.1 Å². The Hall–Kier alpha value is -1.67. The smallest absolute Gasteiger partial charge is 0.264 e. The molecule has 0 amide bonds. The van der Waals surface area contributed by atoms with Crippen molar-refractivity contribution in [2.24, 2.45) is 4.99 Å². The molecule has 0 spiro atoms.